The first-order valence-corrected chi connectivity index (χ1v) is 5.47. The van der Waals surface area contributed by atoms with Crippen LogP contribution in [0.15, 0.2) is 6.20 Å². The van der Waals surface area contributed by atoms with Crippen molar-refractivity contribution in [2.24, 2.45) is 0 Å². The molecule has 1 heterocycles. The molecule has 0 unspecified atom stereocenters. The predicted molar refractivity (Wildman–Crippen MR) is 53.4 cm³/mol. The number of aromatic nitrogens is 2. The summed E-state index contributed by atoms with van der Waals surface area (Å²) in [5, 5.41) is 0. The van der Waals surface area contributed by atoms with Gasteiger partial charge < -0.3 is 0 Å². The number of nitrogens with zero attached hydrogens (tertiary/aromatic N) is 2. The summed E-state index contributed by atoms with van der Waals surface area (Å²) in [6.45, 7) is 4.17. The highest BCUT2D eigenvalue weighted by atomic mass is 32.2. The number of aryl methyl sites for hydroxylation is 2. The summed E-state index contributed by atoms with van der Waals surface area (Å²) in [5.74, 6) is 1.85. The molecule has 3 heteroatoms. The zero-order chi connectivity index (χ0) is 8.97. The smallest absolute Gasteiger partial charge is 0.138 e. The lowest BCUT2D eigenvalue weighted by molar-refractivity contribution is 0.938. The van der Waals surface area contributed by atoms with Crippen LogP contribution in [-0.2, 0) is 12.2 Å². The average molecular weight is 182 g/mol. The van der Waals surface area contributed by atoms with Gasteiger partial charge >= 0.3 is 0 Å². The van der Waals surface area contributed by atoms with Gasteiger partial charge in [-0.05, 0) is 25.2 Å². The minimum atomic E-state index is 0.908. The van der Waals surface area contributed by atoms with Gasteiger partial charge in [0.1, 0.15) is 5.82 Å². The fraction of sp³-hybridized carbons (Fsp3) is 0.556. The van der Waals surface area contributed by atoms with E-state index in [9.17, 15) is 0 Å². The summed E-state index contributed by atoms with van der Waals surface area (Å²) in [6, 6.07) is 0. The van der Waals surface area contributed by atoms with Crippen LogP contribution in [0.3, 0.4) is 0 Å². The second-order valence-corrected chi connectivity index (χ2v) is 3.55. The lowest BCUT2D eigenvalue weighted by Crippen LogP contribution is -1.98. The molecule has 0 N–H and O–H groups in total. The van der Waals surface area contributed by atoms with Gasteiger partial charge in [0, 0.05) is 11.9 Å². The van der Waals surface area contributed by atoms with Gasteiger partial charge in [0.25, 0.3) is 0 Å². The Bertz CT molecular complexity index is 261. The van der Waals surface area contributed by atoms with Crippen LogP contribution in [0.25, 0.3) is 0 Å². The Kier molecular flexibility index (Phi) is 3.53. The Morgan fingerprint density at radius 2 is 2.25 bits per heavy atom. The van der Waals surface area contributed by atoms with E-state index in [0.717, 1.165) is 23.7 Å². The summed E-state index contributed by atoms with van der Waals surface area (Å²) < 4.78 is 0. The fourth-order valence-corrected chi connectivity index (χ4v) is 1.48. The Morgan fingerprint density at radius 3 is 2.75 bits per heavy atom. The molecule has 1 aromatic heterocycles. The van der Waals surface area contributed by atoms with Crippen LogP contribution in [0.5, 0.6) is 0 Å². The van der Waals surface area contributed by atoms with Crippen molar-refractivity contribution >= 4 is 11.8 Å². The molecule has 0 saturated carbocycles. The molecule has 0 fully saturated rings. The summed E-state index contributed by atoms with van der Waals surface area (Å²) in [6.07, 6.45) is 5.02. The van der Waals surface area contributed by atoms with Crippen LogP contribution >= 0.6 is 11.8 Å². The first kappa shape index (κ1) is 9.52. The first-order valence-electron chi connectivity index (χ1n) is 4.08. The first-order chi connectivity index (χ1) is 5.77. The third-order valence-corrected chi connectivity index (χ3v) is 2.33. The van der Waals surface area contributed by atoms with Crippen LogP contribution < -0.4 is 0 Å². The largest absolute Gasteiger partial charge is 0.240 e. The lowest BCUT2D eigenvalue weighted by atomic mass is 10.2. The Labute approximate surface area is 77.8 Å². The molecule has 0 aromatic carbocycles. The molecule has 0 spiro atoms. The number of thioether (sulfide) groups is 1. The maximum atomic E-state index is 4.40. The molecule has 0 radical (unpaired) electrons. The van der Waals surface area contributed by atoms with Gasteiger partial charge in [-0.25, -0.2) is 9.97 Å². The molecule has 0 atom stereocenters. The number of hydrogen-bond donors (Lipinski definition) is 0. The van der Waals surface area contributed by atoms with E-state index in [2.05, 4.69) is 23.1 Å². The van der Waals surface area contributed by atoms with Crippen LogP contribution in [0.2, 0.25) is 0 Å². The molecule has 0 bridgehead atoms. The van der Waals surface area contributed by atoms with Crippen molar-refractivity contribution in [3.05, 3.63) is 23.3 Å². The highest BCUT2D eigenvalue weighted by Crippen LogP contribution is 2.08. The monoisotopic (exact) mass is 182 g/mol. The van der Waals surface area contributed by atoms with E-state index in [-0.39, 0.29) is 0 Å². The Morgan fingerprint density at radius 1 is 1.50 bits per heavy atom. The van der Waals surface area contributed by atoms with Gasteiger partial charge in [-0.15, -0.1) is 0 Å². The maximum absolute atomic E-state index is 4.40. The molecule has 1 aromatic rings. The average Bonchev–Trinajstić information content (AvgIpc) is 2.05. The van der Waals surface area contributed by atoms with E-state index >= 15 is 0 Å². The molecule has 0 aliphatic heterocycles. The van der Waals surface area contributed by atoms with E-state index in [0.29, 0.717) is 0 Å². The normalized spacial score (nSPS) is 10.2. The molecule has 0 saturated heterocycles. The van der Waals surface area contributed by atoms with Crippen molar-refractivity contribution in [2.75, 3.05) is 6.26 Å². The molecule has 2 nitrogen and oxygen atoms in total. The van der Waals surface area contributed by atoms with E-state index in [1.54, 1.807) is 11.8 Å². The minimum Gasteiger partial charge on any atom is -0.240 e. The number of rotatable bonds is 3. The zero-order valence-corrected chi connectivity index (χ0v) is 8.61. The van der Waals surface area contributed by atoms with Gasteiger partial charge in [-0.3, -0.25) is 0 Å². The summed E-state index contributed by atoms with van der Waals surface area (Å²) >= 11 is 1.75. The third-order valence-electron chi connectivity index (χ3n) is 1.79. The van der Waals surface area contributed by atoms with Gasteiger partial charge in [0.2, 0.25) is 0 Å². The quantitative estimate of drug-likeness (QED) is 0.716. The topological polar surface area (TPSA) is 25.8 Å². The van der Waals surface area contributed by atoms with Crippen molar-refractivity contribution < 1.29 is 0 Å². The van der Waals surface area contributed by atoms with Crippen molar-refractivity contribution in [1.29, 1.82) is 0 Å². The van der Waals surface area contributed by atoms with Crippen LogP contribution in [0, 0.1) is 6.92 Å². The summed E-state index contributed by atoms with van der Waals surface area (Å²) in [4.78, 5) is 8.67. The molecule has 1 rings (SSSR count). The van der Waals surface area contributed by atoms with E-state index in [1.165, 1.54) is 5.56 Å². The van der Waals surface area contributed by atoms with Crippen LogP contribution in [-0.4, -0.2) is 16.2 Å². The molecular weight excluding hydrogens is 168 g/mol. The Balaban J connectivity index is 2.86. The molecule has 0 amide bonds. The van der Waals surface area contributed by atoms with Crippen LogP contribution in [0.1, 0.15) is 24.0 Å². The van der Waals surface area contributed by atoms with Crippen molar-refractivity contribution in [3.63, 3.8) is 0 Å². The molecule has 0 aliphatic rings. The highest BCUT2D eigenvalue weighted by molar-refractivity contribution is 7.97. The molecule has 12 heavy (non-hydrogen) atoms. The van der Waals surface area contributed by atoms with Gasteiger partial charge in [0.05, 0.1) is 5.75 Å². The van der Waals surface area contributed by atoms with Crippen molar-refractivity contribution in [3.8, 4) is 0 Å². The predicted octanol–water partition coefficient (Wildman–Crippen LogP) is 2.21. The summed E-state index contributed by atoms with van der Waals surface area (Å²) in [5.41, 5.74) is 2.37. The van der Waals surface area contributed by atoms with Gasteiger partial charge in [0.15, 0.2) is 0 Å². The highest BCUT2D eigenvalue weighted by Gasteiger charge is 2.00. The number of hydrogen-bond acceptors (Lipinski definition) is 3. The van der Waals surface area contributed by atoms with E-state index in [4.69, 9.17) is 0 Å². The fourth-order valence-electron chi connectivity index (χ4n) is 1.09. The lowest BCUT2D eigenvalue weighted by Gasteiger charge is -2.02. The van der Waals surface area contributed by atoms with Crippen molar-refractivity contribution in [2.45, 2.75) is 26.0 Å². The SMILES string of the molecule is CCc1cnc(CSC)nc1C. The second kappa shape index (κ2) is 4.45. The van der Waals surface area contributed by atoms with Crippen molar-refractivity contribution in [1.82, 2.24) is 9.97 Å². The third kappa shape index (κ3) is 2.21. The minimum absolute atomic E-state index is 0.908. The molecular formula is C9H14N2S. The second-order valence-electron chi connectivity index (χ2n) is 2.68. The van der Waals surface area contributed by atoms with Gasteiger partial charge in [-0.2, -0.15) is 11.8 Å². The maximum Gasteiger partial charge on any atom is 0.138 e. The molecule has 66 valence electrons. The zero-order valence-electron chi connectivity index (χ0n) is 7.79. The van der Waals surface area contributed by atoms with E-state index in [1.807, 2.05) is 13.1 Å². The standard InChI is InChI=1S/C9H14N2S/c1-4-8-5-10-9(6-12-3)11-7(8)2/h5H,4,6H2,1-3H3. The Hall–Kier alpha value is -0.570. The van der Waals surface area contributed by atoms with Gasteiger partial charge in [-0.1, -0.05) is 6.92 Å². The summed E-state index contributed by atoms with van der Waals surface area (Å²) in [7, 11) is 0. The van der Waals surface area contributed by atoms with E-state index < -0.39 is 0 Å². The molecule has 0 aliphatic carbocycles. The van der Waals surface area contributed by atoms with Crippen LogP contribution in [0.4, 0.5) is 0 Å².